The van der Waals surface area contributed by atoms with Gasteiger partial charge in [-0.25, -0.2) is 9.93 Å². The Morgan fingerprint density at radius 2 is 1.75 bits per heavy atom. The first-order valence-electron chi connectivity index (χ1n) is 5.87. The Hall–Kier alpha value is -1.64. The third kappa shape index (κ3) is 5.55. The largest absolute Gasteiger partial charge is 0.459 e. The summed E-state index contributed by atoms with van der Waals surface area (Å²) in [6, 6.07) is 5.05. The number of nitrogens with two attached hydrogens (primary N) is 2. The quantitative estimate of drug-likeness (QED) is 0.704. The molecule has 0 aromatic heterocycles. The summed E-state index contributed by atoms with van der Waals surface area (Å²) in [5.74, 6) is -0.551. The number of ether oxygens (including phenoxy) is 1. The molecule has 8 heteroatoms. The molecule has 0 saturated carbocycles. The van der Waals surface area contributed by atoms with Crippen molar-refractivity contribution in [2.24, 2.45) is 10.9 Å². The van der Waals surface area contributed by atoms with Gasteiger partial charge in [-0.3, -0.25) is 4.72 Å². The fraction of sp³-hybridized carbons (Fsp3) is 0.417. The maximum Gasteiger partial charge on any atom is 0.328 e. The number of carbonyl (C=O) groups is 1. The topological polar surface area (TPSA) is 125 Å². The van der Waals surface area contributed by atoms with Crippen molar-refractivity contribution in [3.8, 4) is 0 Å². The van der Waals surface area contributed by atoms with Gasteiger partial charge in [0.1, 0.15) is 11.6 Å². The Balaban J connectivity index is 2.80. The Labute approximate surface area is 118 Å². The SMILES string of the molecule is CC(C)(C)OC(=O)[C@@H](N)c1ccc(NS(N)(=O)=O)cc1. The van der Waals surface area contributed by atoms with Crippen LogP contribution in [0.3, 0.4) is 0 Å². The van der Waals surface area contributed by atoms with Crippen molar-refractivity contribution >= 4 is 21.9 Å². The van der Waals surface area contributed by atoms with Crippen molar-refractivity contribution < 1.29 is 17.9 Å². The van der Waals surface area contributed by atoms with E-state index in [-0.39, 0.29) is 5.69 Å². The van der Waals surface area contributed by atoms with Gasteiger partial charge in [0.15, 0.2) is 0 Å². The number of carbonyl (C=O) groups excluding carboxylic acids is 1. The number of rotatable bonds is 4. The van der Waals surface area contributed by atoms with Gasteiger partial charge < -0.3 is 10.5 Å². The number of anilines is 1. The number of hydrogen-bond acceptors (Lipinski definition) is 5. The molecule has 112 valence electrons. The molecule has 1 aromatic carbocycles. The Morgan fingerprint density at radius 3 is 2.15 bits per heavy atom. The first-order chi connectivity index (χ1) is 8.98. The molecule has 0 radical (unpaired) electrons. The molecule has 20 heavy (non-hydrogen) atoms. The summed E-state index contributed by atoms with van der Waals surface area (Å²) in [5.41, 5.74) is 5.96. The van der Waals surface area contributed by atoms with Crippen LogP contribution in [0.5, 0.6) is 0 Å². The van der Waals surface area contributed by atoms with Gasteiger partial charge in [-0.05, 0) is 38.5 Å². The number of nitrogens with one attached hydrogen (secondary N) is 1. The van der Waals surface area contributed by atoms with E-state index in [1.54, 1.807) is 20.8 Å². The monoisotopic (exact) mass is 301 g/mol. The van der Waals surface area contributed by atoms with Gasteiger partial charge >= 0.3 is 5.97 Å². The molecule has 0 unspecified atom stereocenters. The van der Waals surface area contributed by atoms with Gasteiger partial charge in [-0.2, -0.15) is 8.42 Å². The average Bonchev–Trinajstić information content (AvgIpc) is 2.24. The molecule has 0 bridgehead atoms. The number of benzene rings is 1. The normalized spacial score (nSPS) is 13.7. The van der Waals surface area contributed by atoms with Crippen LogP contribution < -0.4 is 15.6 Å². The molecule has 1 atom stereocenters. The second kappa shape index (κ2) is 5.78. The van der Waals surface area contributed by atoms with E-state index in [9.17, 15) is 13.2 Å². The standard InChI is InChI=1S/C12H19N3O4S/c1-12(2,3)19-11(16)10(13)8-4-6-9(7-5-8)15-20(14,17)18/h4-7,10,15H,13H2,1-3H3,(H2,14,17,18)/t10-/m0/s1. The third-order valence-electron chi connectivity index (χ3n) is 2.19. The lowest BCUT2D eigenvalue weighted by Gasteiger charge is -2.22. The lowest BCUT2D eigenvalue weighted by molar-refractivity contribution is -0.156. The zero-order chi connectivity index (χ0) is 15.6. The second-order valence-corrected chi connectivity index (χ2v) is 6.57. The van der Waals surface area contributed by atoms with Gasteiger partial charge in [0.2, 0.25) is 0 Å². The Morgan fingerprint density at radius 1 is 1.25 bits per heavy atom. The molecule has 0 amide bonds. The van der Waals surface area contributed by atoms with E-state index in [4.69, 9.17) is 15.6 Å². The molecule has 0 aliphatic heterocycles. The van der Waals surface area contributed by atoms with E-state index >= 15 is 0 Å². The summed E-state index contributed by atoms with van der Waals surface area (Å²) >= 11 is 0. The molecule has 0 fully saturated rings. The van der Waals surface area contributed by atoms with E-state index in [0.717, 1.165) is 0 Å². The molecule has 0 aliphatic rings. The highest BCUT2D eigenvalue weighted by molar-refractivity contribution is 7.90. The van der Waals surface area contributed by atoms with Crippen LogP contribution >= 0.6 is 0 Å². The predicted octanol–water partition coefficient (Wildman–Crippen LogP) is 0.644. The van der Waals surface area contributed by atoms with Gasteiger partial charge in [0.05, 0.1) is 0 Å². The minimum absolute atomic E-state index is 0.285. The Bertz CT molecular complexity index is 576. The summed E-state index contributed by atoms with van der Waals surface area (Å²) in [6.07, 6.45) is 0. The zero-order valence-corrected chi connectivity index (χ0v) is 12.4. The molecule has 1 rings (SSSR count). The van der Waals surface area contributed by atoms with E-state index < -0.39 is 27.8 Å². The molecule has 0 aliphatic carbocycles. The smallest absolute Gasteiger partial charge is 0.328 e. The highest BCUT2D eigenvalue weighted by atomic mass is 32.2. The fourth-order valence-electron chi connectivity index (χ4n) is 1.42. The first kappa shape index (κ1) is 16.4. The van der Waals surface area contributed by atoms with E-state index in [2.05, 4.69) is 4.72 Å². The van der Waals surface area contributed by atoms with Crippen LogP contribution in [0.1, 0.15) is 32.4 Å². The van der Waals surface area contributed by atoms with Gasteiger partial charge in [-0.1, -0.05) is 12.1 Å². The summed E-state index contributed by atoms with van der Waals surface area (Å²) in [7, 11) is -3.82. The van der Waals surface area contributed by atoms with E-state index in [1.165, 1.54) is 24.3 Å². The molecule has 0 saturated heterocycles. The summed E-state index contributed by atoms with van der Waals surface area (Å²) in [4.78, 5) is 11.8. The second-order valence-electron chi connectivity index (χ2n) is 5.28. The van der Waals surface area contributed by atoms with Crippen molar-refractivity contribution in [3.63, 3.8) is 0 Å². The number of esters is 1. The van der Waals surface area contributed by atoms with E-state index in [1.807, 2.05) is 0 Å². The summed E-state index contributed by atoms with van der Waals surface area (Å²) < 4.78 is 29.0. The lowest BCUT2D eigenvalue weighted by Crippen LogP contribution is -2.31. The van der Waals surface area contributed by atoms with Crippen LogP contribution in [0.25, 0.3) is 0 Å². The number of hydrogen-bond donors (Lipinski definition) is 3. The van der Waals surface area contributed by atoms with Crippen LogP contribution in [0.15, 0.2) is 24.3 Å². The molecular formula is C12H19N3O4S. The minimum atomic E-state index is -3.82. The van der Waals surface area contributed by atoms with E-state index in [0.29, 0.717) is 5.56 Å². The van der Waals surface area contributed by atoms with Crippen molar-refractivity contribution in [3.05, 3.63) is 29.8 Å². The van der Waals surface area contributed by atoms with Gasteiger partial charge in [0.25, 0.3) is 10.2 Å². The van der Waals surface area contributed by atoms with Crippen molar-refractivity contribution in [2.75, 3.05) is 4.72 Å². The average molecular weight is 301 g/mol. The predicted molar refractivity (Wildman–Crippen MR) is 75.9 cm³/mol. The van der Waals surface area contributed by atoms with Gasteiger partial charge in [-0.15, -0.1) is 0 Å². The van der Waals surface area contributed by atoms with Crippen LogP contribution in [0.2, 0.25) is 0 Å². The van der Waals surface area contributed by atoms with Crippen molar-refractivity contribution in [2.45, 2.75) is 32.4 Å². The zero-order valence-electron chi connectivity index (χ0n) is 11.6. The maximum absolute atomic E-state index is 11.8. The highest BCUT2D eigenvalue weighted by Crippen LogP contribution is 2.18. The molecule has 0 heterocycles. The van der Waals surface area contributed by atoms with Crippen LogP contribution in [-0.2, 0) is 19.7 Å². The highest BCUT2D eigenvalue weighted by Gasteiger charge is 2.23. The molecular weight excluding hydrogens is 282 g/mol. The van der Waals surface area contributed by atoms with Crippen molar-refractivity contribution in [1.82, 2.24) is 0 Å². The fourth-order valence-corrected chi connectivity index (χ4v) is 1.89. The Kier molecular flexibility index (Phi) is 4.74. The summed E-state index contributed by atoms with van der Waals surface area (Å²) in [6.45, 7) is 5.24. The van der Waals surface area contributed by atoms with Crippen LogP contribution in [-0.4, -0.2) is 20.0 Å². The van der Waals surface area contributed by atoms with Crippen LogP contribution in [0, 0.1) is 0 Å². The minimum Gasteiger partial charge on any atom is -0.459 e. The van der Waals surface area contributed by atoms with Gasteiger partial charge in [0, 0.05) is 5.69 Å². The maximum atomic E-state index is 11.8. The first-order valence-corrected chi connectivity index (χ1v) is 7.41. The molecule has 0 spiro atoms. The molecule has 1 aromatic rings. The van der Waals surface area contributed by atoms with Crippen molar-refractivity contribution in [1.29, 1.82) is 0 Å². The molecule has 5 N–H and O–H groups in total. The molecule has 7 nitrogen and oxygen atoms in total. The third-order valence-corrected chi connectivity index (χ3v) is 2.71. The lowest BCUT2D eigenvalue weighted by atomic mass is 10.1. The van der Waals surface area contributed by atoms with Crippen LogP contribution in [0.4, 0.5) is 5.69 Å². The summed E-state index contributed by atoms with van der Waals surface area (Å²) in [5, 5.41) is 4.85.